The molecule has 1 atom stereocenters. The van der Waals surface area contributed by atoms with E-state index in [1.165, 1.54) is 0 Å². The van der Waals surface area contributed by atoms with Gasteiger partial charge in [0.05, 0.1) is 16.8 Å². The van der Waals surface area contributed by atoms with Crippen molar-refractivity contribution < 1.29 is 4.79 Å². The Morgan fingerprint density at radius 3 is 2.93 bits per heavy atom. The van der Waals surface area contributed by atoms with Crippen LogP contribution in [-0.2, 0) is 0 Å². The minimum Gasteiger partial charge on any atom is -0.365 e. The zero-order valence-corrected chi connectivity index (χ0v) is 16.8. The number of aromatic nitrogens is 3. The quantitative estimate of drug-likeness (QED) is 0.550. The van der Waals surface area contributed by atoms with Gasteiger partial charge in [0.15, 0.2) is 0 Å². The molecule has 1 aliphatic rings. The Morgan fingerprint density at radius 1 is 1.34 bits per heavy atom. The van der Waals surface area contributed by atoms with Crippen LogP contribution in [0.2, 0.25) is 0 Å². The maximum Gasteiger partial charge on any atom is 0.253 e. The third-order valence-electron chi connectivity index (χ3n) is 5.18. The first kappa shape index (κ1) is 18.9. The molecule has 3 N–H and O–H groups in total. The predicted octanol–water partition coefficient (Wildman–Crippen LogP) is 4.32. The topological polar surface area (TPSA) is 82.7 Å². The van der Waals surface area contributed by atoms with Crippen LogP contribution in [0.5, 0.6) is 0 Å². The number of rotatable bonds is 6. The zero-order valence-electron chi connectivity index (χ0n) is 16.8. The zero-order chi connectivity index (χ0) is 20.5. The standard InChI is InChI=1S/C23H25N5O/c1-5-9-24-22-14(4)26-18-8-6-7-16(21(18)28-22)19-11-17-20(27-19)15(10-13(2)3)12-25-23(17)29/h5-8,11,15,27H,1-2,9-10,12H2,3-4H3,(H,24,28)(H,25,29). The van der Waals surface area contributed by atoms with E-state index in [1.807, 2.05) is 38.1 Å². The molecule has 2 aromatic heterocycles. The second kappa shape index (κ2) is 7.54. The van der Waals surface area contributed by atoms with E-state index in [1.54, 1.807) is 6.08 Å². The molecule has 1 unspecified atom stereocenters. The molecule has 3 heterocycles. The normalized spacial score (nSPS) is 15.7. The van der Waals surface area contributed by atoms with Gasteiger partial charge < -0.3 is 15.6 Å². The highest BCUT2D eigenvalue weighted by Gasteiger charge is 2.28. The van der Waals surface area contributed by atoms with E-state index in [9.17, 15) is 4.79 Å². The lowest BCUT2D eigenvalue weighted by atomic mass is 9.92. The number of fused-ring (bicyclic) bond motifs is 2. The first-order valence-corrected chi connectivity index (χ1v) is 9.76. The van der Waals surface area contributed by atoms with E-state index in [0.29, 0.717) is 18.7 Å². The van der Waals surface area contributed by atoms with Crippen LogP contribution in [0.15, 0.2) is 49.1 Å². The Kier molecular flexibility index (Phi) is 4.92. The van der Waals surface area contributed by atoms with Gasteiger partial charge in [-0.1, -0.05) is 23.8 Å². The molecule has 148 valence electrons. The second-order valence-electron chi connectivity index (χ2n) is 7.58. The summed E-state index contributed by atoms with van der Waals surface area (Å²) in [7, 11) is 0. The molecule has 6 heteroatoms. The summed E-state index contributed by atoms with van der Waals surface area (Å²) in [6.45, 7) is 13.0. The number of H-pyrrole nitrogens is 1. The molecule has 1 amide bonds. The molecular weight excluding hydrogens is 362 g/mol. The molecule has 0 bridgehead atoms. The van der Waals surface area contributed by atoms with E-state index in [0.717, 1.165) is 51.5 Å². The highest BCUT2D eigenvalue weighted by atomic mass is 16.1. The summed E-state index contributed by atoms with van der Waals surface area (Å²) in [4.78, 5) is 25.5. The van der Waals surface area contributed by atoms with Crippen LogP contribution in [0, 0.1) is 6.92 Å². The van der Waals surface area contributed by atoms with Crippen LogP contribution in [0.4, 0.5) is 5.82 Å². The fraction of sp³-hybridized carbons (Fsp3) is 0.261. The average molecular weight is 387 g/mol. The average Bonchev–Trinajstić information content (AvgIpc) is 3.14. The van der Waals surface area contributed by atoms with E-state index in [4.69, 9.17) is 9.97 Å². The summed E-state index contributed by atoms with van der Waals surface area (Å²) in [5, 5.41) is 6.23. The number of para-hydroxylation sites is 1. The minimum atomic E-state index is -0.0454. The third-order valence-corrected chi connectivity index (χ3v) is 5.18. The van der Waals surface area contributed by atoms with Crippen LogP contribution >= 0.6 is 0 Å². The van der Waals surface area contributed by atoms with Gasteiger partial charge in [0.25, 0.3) is 5.91 Å². The predicted molar refractivity (Wildman–Crippen MR) is 117 cm³/mol. The summed E-state index contributed by atoms with van der Waals surface area (Å²) < 4.78 is 0. The molecule has 4 rings (SSSR count). The maximum atomic E-state index is 12.4. The number of nitrogens with one attached hydrogen (secondary N) is 3. The van der Waals surface area contributed by atoms with Gasteiger partial charge in [-0.3, -0.25) is 4.79 Å². The fourth-order valence-electron chi connectivity index (χ4n) is 3.85. The molecule has 0 saturated carbocycles. The number of carbonyl (C=O) groups is 1. The minimum absolute atomic E-state index is 0.0454. The van der Waals surface area contributed by atoms with Gasteiger partial charge in [0.1, 0.15) is 11.3 Å². The van der Waals surface area contributed by atoms with Crippen LogP contribution in [0.3, 0.4) is 0 Å². The number of hydrogen-bond acceptors (Lipinski definition) is 4. The number of amides is 1. The van der Waals surface area contributed by atoms with Crippen LogP contribution in [0.1, 0.15) is 41.0 Å². The number of carbonyl (C=O) groups excluding carboxylic acids is 1. The number of hydrogen-bond donors (Lipinski definition) is 3. The lowest BCUT2D eigenvalue weighted by Gasteiger charge is -2.23. The number of benzene rings is 1. The summed E-state index contributed by atoms with van der Waals surface area (Å²) in [6, 6.07) is 7.85. The van der Waals surface area contributed by atoms with Crippen LogP contribution < -0.4 is 10.6 Å². The van der Waals surface area contributed by atoms with Crippen LogP contribution in [0.25, 0.3) is 22.3 Å². The van der Waals surface area contributed by atoms with Crippen molar-refractivity contribution in [1.82, 2.24) is 20.3 Å². The summed E-state index contributed by atoms with van der Waals surface area (Å²) >= 11 is 0. The summed E-state index contributed by atoms with van der Waals surface area (Å²) in [5.41, 5.74) is 7.00. The molecule has 1 aromatic carbocycles. The molecule has 0 aliphatic carbocycles. The van der Waals surface area contributed by atoms with E-state index >= 15 is 0 Å². The lowest BCUT2D eigenvalue weighted by Crippen LogP contribution is -2.34. The summed E-state index contributed by atoms with van der Waals surface area (Å²) in [5.74, 6) is 0.886. The van der Waals surface area contributed by atoms with Crippen molar-refractivity contribution >= 4 is 22.8 Å². The number of nitrogens with zero attached hydrogens (tertiary/aromatic N) is 2. The molecule has 0 radical (unpaired) electrons. The first-order chi connectivity index (χ1) is 14.0. The van der Waals surface area contributed by atoms with Crippen molar-refractivity contribution in [2.24, 2.45) is 0 Å². The van der Waals surface area contributed by atoms with Gasteiger partial charge in [0, 0.05) is 36.0 Å². The van der Waals surface area contributed by atoms with Gasteiger partial charge in [0.2, 0.25) is 0 Å². The smallest absolute Gasteiger partial charge is 0.253 e. The number of aryl methyl sites for hydroxylation is 1. The number of aromatic amines is 1. The Bertz CT molecular complexity index is 1130. The second-order valence-corrected chi connectivity index (χ2v) is 7.58. The van der Waals surface area contributed by atoms with Gasteiger partial charge in [-0.05, 0) is 32.4 Å². The highest BCUT2D eigenvalue weighted by molar-refractivity contribution is 6.00. The van der Waals surface area contributed by atoms with Gasteiger partial charge in [-0.15, -0.1) is 13.2 Å². The van der Waals surface area contributed by atoms with Crippen molar-refractivity contribution in [2.45, 2.75) is 26.2 Å². The Morgan fingerprint density at radius 2 is 2.17 bits per heavy atom. The van der Waals surface area contributed by atoms with Gasteiger partial charge >= 0.3 is 0 Å². The van der Waals surface area contributed by atoms with Crippen LogP contribution in [-0.4, -0.2) is 33.9 Å². The molecule has 0 saturated heterocycles. The Hall–Kier alpha value is -3.41. The summed E-state index contributed by atoms with van der Waals surface area (Å²) in [6.07, 6.45) is 2.62. The monoisotopic (exact) mass is 387 g/mol. The van der Waals surface area contributed by atoms with Crippen molar-refractivity contribution in [2.75, 3.05) is 18.4 Å². The fourth-order valence-corrected chi connectivity index (χ4v) is 3.85. The highest BCUT2D eigenvalue weighted by Crippen LogP contribution is 2.34. The SMILES string of the molecule is C=CCNc1nc2c(-c3cc4c([nH]3)C(CC(=C)C)CNC4=O)cccc2nc1C. The largest absolute Gasteiger partial charge is 0.365 e. The van der Waals surface area contributed by atoms with Gasteiger partial charge in [-0.25, -0.2) is 9.97 Å². The number of anilines is 1. The van der Waals surface area contributed by atoms with E-state index in [-0.39, 0.29) is 11.8 Å². The van der Waals surface area contributed by atoms with Crippen molar-refractivity contribution in [3.63, 3.8) is 0 Å². The molecule has 29 heavy (non-hydrogen) atoms. The molecular formula is C23H25N5O. The Labute approximate surface area is 170 Å². The lowest BCUT2D eigenvalue weighted by molar-refractivity contribution is 0.0940. The molecule has 1 aliphatic heterocycles. The van der Waals surface area contributed by atoms with Crippen molar-refractivity contribution in [3.05, 3.63) is 66.0 Å². The third kappa shape index (κ3) is 3.53. The van der Waals surface area contributed by atoms with E-state index < -0.39 is 0 Å². The molecule has 6 nitrogen and oxygen atoms in total. The maximum absolute atomic E-state index is 12.4. The van der Waals surface area contributed by atoms with Crippen molar-refractivity contribution in [1.29, 1.82) is 0 Å². The number of allylic oxidation sites excluding steroid dienone is 1. The molecule has 0 spiro atoms. The first-order valence-electron chi connectivity index (χ1n) is 9.76. The van der Waals surface area contributed by atoms with Crippen molar-refractivity contribution in [3.8, 4) is 11.3 Å². The van der Waals surface area contributed by atoms with Gasteiger partial charge in [-0.2, -0.15) is 0 Å². The molecule has 3 aromatic rings. The molecule has 0 fully saturated rings. The van der Waals surface area contributed by atoms with E-state index in [2.05, 4.69) is 28.8 Å². The Balaban J connectivity index is 1.84.